The molecule has 10 heteroatoms. The molecule has 0 atom stereocenters. The Hall–Kier alpha value is -1.94. The number of sulfonamides is 1. The molecule has 3 rings (SSSR count). The Bertz CT molecular complexity index is 871. The van der Waals surface area contributed by atoms with Crippen LogP contribution >= 0.6 is 0 Å². The number of aryl methyl sites for hydroxylation is 1. The van der Waals surface area contributed by atoms with Crippen molar-refractivity contribution in [1.29, 1.82) is 0 Å². The zero-order valence-electron chi connectivity index (χ0n) is 13.3. The average Bonchev–Trinajstić information content (AvgIpc) is 3.16. The summed E-state index contributed by atoms with van der Waals surface area (Å²) in [5, 5.41) is 3.78. The zero-order valence-corrected chi connectivity index (χ0v) is 14.1. The molecule has 1 aliphatic carbocycles. The summed E-state index contributed by atoms with van der Waals surface area (Å²) in [4.78, 5) is 3.28. The number of halogens is 3. The van der Waals surface area contributed by atoms with E-state index in [2.05, 4.69) is 14.9 Å². The lowest BCUT2D eigenvalue weighted by Gasteiger charge is -2.27. The van der Waals surface area contributed by atoms with Gasteiger partial charge in [-0.05, 0) is 25.0 Å². The second kappa shape index (κ2) is 6.10. The molecule has 1 aliphatic rings. The normalized spacial score (nSPS) is 17.8. The number of hydrogen-bond donors (Lipinski definition) is 1. The monoisotopic (exact) mass is 375 g/mol. The molecule has 0 saturated heterocycles. The third-order valence-corrected chi connectivity index (χ3v) is 5.82. The molecule has 1 N–H and O–H groups in total. The van der Waals surface area contributed by atoms with Crippen molar-refractivity contribution < 1.29 is 26.1 Å². The van der Waals surface area contributed by atoms with E-state index in [0.29, 0.717) is 25.7 Å². The van der Waals surface area contributed by atoms with E-state index in [1.54, 1.807) is 6.92 Å². The zero-order chi connectivity index (χ0) is 18.3. The van der Waals surface area contributed by atoms with Gasteiger partial charge in [0.1, 0.15) is 0 Å². The van der Waals surface area contributed by atoms with Gasteiger partial charge in [-0.15, -0.1) is 0 Å². The lowest BCUT2D eigenvalue weighted by Crippen LogP contribution is -2.45. The van der Waals surface area contributed by atoms with Crippen LogP contribution in [-0.2, 0) is 21.7 Å². The third kappa shape index (κ3) is 3.40. The Morgan fingerprint density at radius 2 is 1.84 bits per heavy atom. The van der Waals surface area contributed by atoms with E-state index in [4.69, 9.17) is 4.52 Å². The van der Waals surface area contributed by atoms with E-state index in [-0.39, 0.29) is 11.7 Å². The van der Waals surface area contributed by atoms with Crippen molar-refractivity contribution in [3.63, 3.8) is 0 Å². The van der Waals surface area contributed by atoms with Crippen molar-refractivity contribution in [2.45, 2.75) is 49.2 Å². The van der Waals surface area contributed by atoms with E-state index in [1.807, 2.05) is 0 Å². The van der Waals surface area contributed by atoms with Gasteiger partial charge in [-0.2, -0.15) is 22.9 Å². The van der Waals surface area contributed by atoms with E-state index < -0.39 is 32.2 Å². The largest absolute Gasteiger partial charge is 0.417 e. The second-order valence-corrected chi connectivity index (χ2v) is 7.68. The summed E-state index contributed by atoms with van der Waals surface area (Å²) in [6.45, 7) is 1.56. The van der Waals surface area contributed by atoms with Crippen LogP contribution in [0, 0.1) is 6.92 Å². The van der Waals surface area contributed by atoms with Crippen LogP contribution in [-0.4, -0.2) is 18.6 Å². The summed E-state index contributed by atoms with van der Waals surface area (Å²) in [7, 11) is -4.45. The van der Waals surface area contributed by atoms with Crippen molar-refractivity contribution in [1.82, 2.24) is 14.9 Å². The van der Waals surface area contributed by atoms with Gasteiger partial charge in [0.05, 0.1) is 16.0 Å². The highest BCUT2D eigenvalue weighted by atomic mass is 32.2. The summed E-state index contributed by atoms with van der Waals surface area (Å²) >= 11 is 0. The number of nitrogens with zero attached hydrogens (tertiary/aromatic N) is 2. The average molecular weight is 375 g/mol. The first-order valence-electron chi connectivity index (χ1n) is 7.65. The van der Waals surface area contributed by atoms with Crippen LogP contribution < -0.4 is 4.72 Å². The standard InChI is InChI=1S/C15H16F3N3O3S/c1-10-19-13(20-24-10)14(8-4-5-9-14)21-25(22,23)12-7-3-2-6-11(12)15(16,17)18/h2-3,6-7,21H,4-5,8-9H2,1H3. The minimum Gasteiger partial charge on any atom is -0.340 e. The van der Waals surface area contributed by atoms with Crippen molar-refractivity contribution in [3.05, 3.63) is 41.5 Å². The Kier molecular flexibility index (Phi) is 4.36. The predicted octanol–water partition coefficient (Wildman–Crippen LogP) is 3.14. The minimum atomic E-state index is -4.78. The maximum atomic E-state index is 13.2. The van der Waals surface area contributed by atoms with Gasteiger partial charge in [-0.3, -0.25) is 0 Å². The van der Waals surface area contributed by atoms with Crippen LogP contribution in [0.2, 0.25) is 0 Å². The fourth-order valence-electron chi connectivity index (χ4n) is 3.09. The van der Waals surface area contributed by atoms with E-state index >= 15 is 0 Å². The topological polar surface area (TPSA) is 85.1 Å². The van der Waals surface area contributed by atoms with Crippen LogP contribution in [0.4, 0.5) is 13.2 Å². The third-order valence-electron chi connectivity index (χ3n) is 4.22. The molecule has 0 amide bonds. The van der Waals surface area contributed by atoms with Gasteiger partial charge in [-0.1, -0.05) is 30.1 Å². The molecule has 25 heavy (non-hydrogen) atoms. The maximum absolute atomic E-state index is 13.2. The molecular formula is C15H16F3N3O3S. The van der Waals surface area contributed by atoms with Crippen molar-refractivity contribution in [2.24, 2.45) is 0 Å². The predicted molar refractivity (Wildman–Crippen MR) is 80.9 cm³/mol. The molecule has 0 unspecified atom stereocenters. The van der Waals surface area contributed by atoms with Crippen molar-refractivity contribution in [2.75, 3.05) is 0 Å². The van der Waals surface area contributed by atoms with Gasteiger partial charge in [0, 0.05) is 6.92 Å². The molecule has 1 saturated carbocycles. The summed E-state index contributed by atoms with van der Waals surface area (Å²) in [6, 6.07) is 4.09. The Morgan fingerprint density at radius 1 is 1.20 bits per heavy atom. The van der Waals surface area contributed by atoms with E-state index in [1.165, 1.54) is 6.07 Å². The molecule has 0 spiro atoms. The molecule has 0 bridgehead atoms. The van der Waals surface area contributed by atoms with Crippen LogP contribution in [0.15, 0.2) is 33.7 Å². The molecular weight excluding hydrogens is 359 g/mol. The van der Waals surface area contributed by atoms with Crippen LogP contribution in [0.5, 0.6) is 0 Å². The smallest absolute Gasteiger partial charge is 0.340 e. The molecule has 136 valence electrons. The summed E-state index contributed by atoms with van der Waals surface area (Å²) in [5.74, 6) is 0.409. The van der Waals surface area contributed by atoms with Crippen molar-refractivity contribution in [3.8, 4) is 0 Å². The Balaban J connectivity index is 2.04. The van der Waals surface area contributed by atoms with E-state index in [9.17, 15) is 21.6 Å². The van der Waals surface area contributed by atoms with Crippen LogP contribution in [0.25, 0.3) is 0 Å². The summed E-state index contributed by atoms with van der Waals surface area (Å²) in [6.07, 6.45) is -2.59. The number of benzene rings is 1. The van der Waals surface area contributed by atoms with Crippen molar-refractivity contribution >= 4 is 10.0 Å². The number of rotatable bonds is 4. The fourth-order valence-corrected chi connectivity index (χ4v) is 4.74. The first-order valence-corrected chi connectivity index (χ1v) is 9.13. The van der Waals surface area contributed by atoms with Gasteiger partial charge in [0.25, 0.3) is 0 Å². The molecule has 1 fully saturated rings. The second-order valence-electron chi connectivity index (χ2n) is 6.03. The number of nitrogens with one attached hydrogen (secondary N) is 1. The first kappa shape index (κ1) is 17.9. The first-order chi connectivity index (χ1) is 11.6. The highest BCUT2D eigenvalue weighted by Crippen LogP contribution is 2.40. The van der Waals surface area contributed by atoms with Gasteiger partial charge in [-0.25, -0.2) is 8.42 Å². The lowest BCUT2D eigenvalue weighted by atomic mass is 9.98. The van der Waals surface area contributed by atoms with Gasteiger partial charge in [0.2, 0.25) is 15.9 Å². The lowest BCUT2D eigenvalue weighted by molar-refractivity contribution is -0.139. The number of alkyl halides is 3. The highest BCUT2D eigenvalue weighted by molar-refractivity contribution is 7.89. The quantitative estimate of drug-likeness (QED) is 0.887. The summed E-state index contributed by atoms with van der Waals surface area (Å²) in [5.41, 5.74) is -2.37. The summed E-state index contributed by atoms with van der Waals surface area (Å²) < 4.78 is 72.4. The molecule has 0 aliphatic heterocycles. The maximum Gasteiger partial charge on any atom is 0.417 e. The molecule has 6 nitrogen and oxygen atoms in total. The number of hydrogen-bond acceptors (Lipinski definition) is 5. The minimum absolute atomic E-state index is 0.149. The molecule has 0 radical (unpaired) electrons. The van der Waals surface area contributed by atoms with Crippen LogP contribution in [0.1, 0.15) is 43.0 Å². The fraction of sp³-hybridized carbons (Fsp3) is 0.467. The van der Waals surface area contributed by atoms with Gasteiger partial charge >= 0.3 is 6.18 Å². The highest BCUT2D eigenvalue weighted by Gasteiger charge is 2.45. The number of aromatic nitrogens is 2. The van der Waals surface area contributed by atoms with Gasteiger partial charge in [0.15, 0.2) is 5.82 Å². The van der Waals surface area contributed by atoms with Gasteiger partial charge < -0.3 is 4.52 Å². The molecule has 1 heterocycles. The van der Waals surface area contributed by atoms with Crippen LogP contribution in [0.3, 0.4) is 0 Å². The molecule has 1 aromatic carbocycles. The Labute approximate surface area is 142 Å². The molecule has 1 aromatic heterocycles. The Morgan fingerprint density at radius 3 is 2.40 bits per heavy atom. The molecule has 2 aromatic rings. The SMILES string of the molecule is Cc1nc(C2(NS(=O)(=O)c3ccccc3C(F)(F)F)CCCC2)no1. The van der Waals surface area contributed by atoms with E-state index in [0.717, 1.165) is 18.2 Å².